The molecule has 158 valence electrons. The maximum atomic E-state index is 14.0. The van der Waals surface area contributed by atoms with Gasteiger partial charge in [0.25, 0.3) is 5.91 Å². The molecule has 4 aromatic rings. The highest BCUT2D eigenvalue weighted by Gasteiger charge is 2.26. The van der Waals surface area contributed by atoms with Crippen molar-refractivity contribution in [3.63, 3.8) is 0 Å². The van der Waals surface area contributed by atoms with E-state index in [4.69, 9.17) is 0 Å². The fourth-order valence-electron chi connectivity index (χ4n) is 3.80. The number of carbonyl (C=O) groups is 1. The number of para-hydroxylation sites is 1. The molecule has 0 atom stereocenters. The zero-order valence-electron chi connectivity index (χ0n) is 16.8. The predicted octanol–water partition coefficient (Wildman–Crippen LogP) is 4.03. The molecule has 0 spiro atoms. The predicted molar refractivity (Wildman–Crippen MR) is 116 cm³/mol. The van der Waals surface area contributed by atoms with Crippen LogP contribution in [0.5, 0.6) is 0 Å². The van der Waals surface area contributed by atoms with Gasteiger partial charge in [0.2, 0.25) is 0 Å². The third-order valence-electron chi connectivity index (χ3n) is 5.48. The summed E-state index contributed by atoms with van der Waals surface area (Å²) in [6.45, 7) is 4.06. The van der Waals surface area contributed by atoms with Crippen LogP contribution in [0.25, 0.3) is 15.9 Å². The van der Waals surface area contributed by atoms with Crippen LogP contribution in [-0.2, 0) is 0 Å². The maximum Gasteiger partial charge on any atom is 0.257 e. The van der Waals surface area contributed by atoms with Gasteiger partial charge < -0.3 is 9.80 Å². The Kier molecular flexibility index (Phi) is 4.90. The summed E-state index contributed by atoms with van der Waals surface area (Å²) in [4.78, 5) is 21.2. The van der Waals surface area contributed by atoms with Crippen molar-refractivity contribution in [2.75, 3.05) is 31.1 Å². The number of rotatable bonds is 3. The van der Waals surface area contributed by atoms with Gasteiger partial charge in [-0.1, -0.05) is 29.5 Å². The number of amides is 1. The molecule has 1 amide bonds. The van der Waals surface area contributed by atoms with Crippen LogP contribution in [0.15, 0.2) is 48.7 Å². The summed E-state index contributed by atoms with van der Waals surface area (Å²) in [5.74, 6) is -1.32. The lowest BCUT2D eigenvalue weighted by Gasteiger charge is -2.34. The number of thiazole rings is 1. The maximum absolute atomic E-state index is 14.0. The second-order valence-corrected chi connectivity index (χ2v) is 8.41. The Morgan fingerprint density at radius 1 is 1.06 bits per heavy atom. The third-order valence-corrected chi connectivity index (χ3v) is 6.54. The molecule has 2 aromatic carbocycles. The van der Waals surface area contributed by atoms with Gasteiger partial charge in [-0.25, -0.2) is 18.4 Å². The molecule has 5 rings (SSSR count). The van der Waals surface area contributed by atoms with Crippen LogP contribution in [0.2, 0.25) is 0 Å². The van der Waals surface area contributed by atoms with Gasteiger partial charge in [0.05, 0.1) is 27.8 Å². The lowest BCUT2D eigenvalue weighted by Crippen LogP contribution is -2.48. The number of benzene rings is 2. The van der Waals surface area contributed by atoms with Gasteiger partial charge in [-0.15, -0.1) is 0 Å². The molecule has 9 heteroatoms. The molecule has 3 heterocycles. The molecular formula is C22H19F2N5OS. The smallest absolute Gasteiger partial charge is 0.257 e. The number of aromatic nitrogens is 3. The van der Waals surface area contributed by atoms with Crippen molar-refractivity contribution in [1.82, 2.24) is 19.7 Å². The van der Waals surface area contributed by atoms with Crippen molar-refractivity contribution in [2.45, 2.75) is 6.92 Å². The van der Waals surface area contributed by atoms with Gasteiger partial charge in [0.15, 0.2) is 10.9 Å². The van der Waals surface area contributed by atoms with Gasteiger partial charge >= 0.3 is 0 Å². The topological polar surface area (TPSA) is 54.3 Å². The molecule has 6 nitrogen and oxygen atoms in total. The average Bonchev–Trinajstić information content (AvgIpc) is 3.38. The van der Waals surface area contributed by atoms with E-state index in [0.29, 0.717) is 41.6 Å². The molecule has 1 saturated heterocycles. The molecule has 0 unspecified atom stereocenters. The Balaban J connectivity index is 1.30. The van der Waals surface area contributed by atoms with Crippen LogP contribution >= 0.6 is 11.3 Å². The van der Waals surface area contributed by atoms with Gasteiger partial charge in [-0.05, 0) is 25.1 Å². The minimum atomic E-state index is -0.655. The highest BCUT2D eigenvalue weighted by atomic mass is 32.1. The number of halogens is 2. The van der Waals surface area contributed by atoms with E-state index >= 15 is 0 Å². The first-order valence-corrected chi connectivity index (χ1v) is 10.7. The Hall–Kier alpha value is -3.33. The summed E-state index contributed by atoms with van der Waals surface area (Å²) < 4.78 is 29.7. The fraction of sp³-hybridized carbons (Fsp3) is 0.227. The van der Waals surface area contributed by atoms with Crippen molar-refractivity contribution in [3.8, 4) is 5.69 Å². The number of fused-ring (bicyclic) bond motifs is 1. The van der Waals surface area contributed by atoms with Crippen molar-refractivity contribution in [1.29, 1.82) is 0 Å². The lowest BCUT2D eigenvalue weighted by atomic mass is 10.2. The molecule has 0 N–H and O–H groups in total. The fourth-order valence-corrected chi connectivity index (χ4v) is 4.86. The van der Waals surface area contributed by atoms with Crippen LogP contribution in [0.3, 0.4) is 0 Å². The van der Waals surface area contributed by atoms with E-state index in [1.807, 2.05) is 42.2 Å². The van der Waals surface area contributed by atoms with Crippen molar-refractivity contribution < 1.29 is 13.6 Å². The first-order valence-electron chi connectivity index (χ1n) is 9.91. The quantitative estimate of drug-likeness (QED) is 0.484. The van der Waals surface area contributed by atoms with Gasteiger partial charge in [-0.3, -0.25) is 4.79 Å². The normalized spacial score (nSPS) is 14.4. The second kappa shape index (κ2) is 7.73. The number of hydrogen-bond donors (Lipinski definition) is 0. The standard InChI is InChI=1S/C22H19F2N5OS/c1-14-17(13-25-29(14)16-5-3-2-4-6-16)21(30)27-7-9-28(10-8-27)22-26-20-18(24)11-15(23)12-19(20)31-22/h2-6,11-13H,7-10H2,1H3. The zero-order valence-corrected chi connectivity index (χ0v) is 17.6. The van der Waals surface area contributed by atoms with E-state index in [9.17, 15) is 13.6 Å². The Bertz CT molecular complexity index is 1260. The minimum Gasteiger partial charge on any atom is -0.345 e. The summed E-state index contributed by atoms with van der Waals surface area (Å²) in [5, 5.41) is 5.03. The van der Waals surface area contributed by atoms with E-state index in [0.717, 1.165) is 17.4 Å². The summed E-state index contributed by atoms with van der Waals surface area (Å²) in [6.07, 6.45) is 1.61. The third kappa shape index (κ3) is 3.54. The number of anilines is 1. The number of piperazine rings is 1. The largest absolute Gasteiger partial charge is 0.345 e. The van der Waals surface area contributed by atoms with Crippen molar-refractivity contribution in [2.24, 2.45) is 0 Å². The molecule has 0 bridgehead atoms. The molecular weight excluding hydrogens is 420 g/mol. The molecule has 0 aliphatic carbocycles. The van der Waals surface area contributed by atoms with Crippen LogP contribution in [-0.4, -0.2) is 51.8 Å². The van der Waals surface area contributed by atoms with Gasteiger partial charge in [0.1, 0.15) is 11.3 Å². The van der Waals surface area contributed by atoms with E-state index in [1.165, 1.54) is 17.4 Å². The molecule has 1 aliphatic rings. The molecule has 2 aromatic heterocycles. The van der Waals surface area contributed by atoms with Crippen molar-refractivity contribution in [3.05, 3.63) is 71.6 Å². The zero-order chi connectivity index (χ0) is 21.5. The number of carbonyl (C=O) groups excluding carboxylic acids is 1. The number of nitrogens with zero attached hydrogens (tertiary/aromatic N) is 5. The van der Waals surface area contributed by atoms with Crippen LogP contribution in [0, 0.1) is 18.6 Å². The van der Waals surface area contributed by atoms with Crippen LogP contribution < -0.4 is 4.90 Å². The number of hydrogen-bond acceptors (Lipinski definition) is 5. The Morgan fingerprint density at radius 3 is 2.55 bits per heavy atom. The lowest BCUT2D eigenvalue weighted by molar-refractivity contribution is 0.0746. The second-order valence-electron chi connectivity index (χ2n) is 7.40. The molecule has 0 saturated carbocycles. The molecule has 1 aliphatic heterocycles. The van der Waals surface area contributed by atoms with E-state index in [2.05, 4.69) is 10.1 Å². The first-order chi connectivity index (χ1) is 15.0. The average molecular weight is 439 g/mol. The minimum absolute atomic E-state index is 0.0586. The van der Waals surface area contributed by atoms with Gasteiger partial charge in [0, 0.05) is 32.2 Å². The SMILES string of the molecule is Cc1c(C(=O)N2CCN(c3nc4c(F)cc(F)cc4s3)CC2)cnn1-c1ccccc1. The van der Waals surface area contributed by atoms with Crippen LogP contribution in [0.1, 0.15) is 16.1 Å². The highest BCUT2D eigenvalue weighted by Crippen LogP contribution is 2.31. The summed E-state index contributed by atoms with van der Waals surface area (Å²) in [6, 6.07) is 11.8. The monoisotopic (exact) mass is 439 g/mol. The molecule has 0 radical (unpaired) electrons. The van der Waals surface area contributed by atoms with E-state index in [1.54, 1.807) is 15.8 Å². The van der Waals surface area contributed by atoms with Crippen molar-refractivity contribution >= 4 is 32.6 Å². The summed E-state index contributed by atoms with van der Waals surface area (Å²) in [5.41, 5.74) is 2.46. The summed E-state index contributed by atoms with van der Waals surface area (Å²) in [7, 11) is 0. The molecule has 31 heavy (non-hydrogen) atoms. The summed E-state index contributed by atoms with van der Waals surface area (Å²) >= 11 is 1.26. The first kappa shape index (κ1) is 19.6. The molecule has 1 fully saturated rings. The van der Waals surface area contributed by atoms with E-state index in [-0.39, 0.29) is 11.4 Å². The van der Waals surface area contributed by atoms with Crippen LogP contribution in [0.4, 0.5) is 13.9 Å². The Morgan fingerprint density at radius 2 is 1.81 bits per heavy atom. The van der Waals surface area contributed by atoms with Gasteiger partial charge in [-0.2, -0.15) is 5.10 Å². The highest BCUT2D eigenvalue weighted by molar-refractivity contribution is 7.22. The Labute approximate surface area is 181 Å². The van der Waals surface area contributed by atoms with E-state index < -0.39 is 11.6 Å².